The highest BCUT2D eigenvalue weighted by Crippen LogP contribution is 2.22. The van der Waals surface area contributed by atoms with Crippen molar-refractivity contribution in [3.63, 3.8) is 0 Å². The number of hydrogen-bond acceptors (Lipinski definition) is 2. The number of aliphatic hydroxyl groups is 1. The number of benzene rings is 1. The molecular formula is C11H12O2. The summed E-state index contributed by atoms with van der Waals surface area (Å²) in [5.41, 5.74) is 1.49. The van der Waals surface area contributed by atoms with Crippen LogP contribution in [0.15, 0.2) is 31.4 Å². The van der Waals surface area contributed by atoms with Crippen molar-refractivity contribution in [3.05, 3.63) is 42.5 Å². The maximum absolute atomic E-state index is 9.22. The molecule has 0 saturated heterocycles. The van der Waals surface area contributed by atoms with E-state index in [1.807, 2.05) is 0 Å². The van der Waals surface area contributed by atoms with Crippen LogP contribution in [0.2, 0.25) is 0 Å². The second-order valence-corrected chi connectivity index (χ2v) is 2.60. The van der Waals surface area contributed by atoms with Crippen LogP contribution in [0.4, 0.5) is 0 Å². The Morgan fingerprint density at radius 1 is 1.54 bits per heavy atom. The van der Waals surface area contributed by atoms with Crippen molar-refractivity contribution < 1.29 is 9.84 Å². The third-order valence-electron chi connectivity index (χ3n) is 1.79. The van der Waals surface area contributed by atoms with Gasteiger partial charge in [-0.05, 0) is 23.8 Å². The molecule has 0 aliphatic carbocycles. The Hall–Kier alpha value is -1.70. The van der Waals surface area contributed by atoms with Crippen LogP contribution >= 0.6 is 0 Å². The van der Waals surface area contributed by atoms with E-state index < -0.39 is 0 Å². The lowest BCUT2D eigenvalue weighted by Crippen LogP contribution is -1.89. The van der Waals surface area contributed by atoms with Crippen LogP contribution in [-0.4, -0.2) is 12.2 Å². The maximum Gasteiger partial charge on any atom is 0.119 e. The lowest BCUT2D eigenvalue weighted by molar-refractivity contribution is 0.414. The highest BCUT2D eigenvalue weighted by atomic mass is 16.5. The minimum atomic E-state index is 0.0394. The summed E-state index contributed by atoms with van der Waals surface area (Å²) in [6.45, 7) is 7.10. The van der Waals surface area contributed by atoms with Gasteiger partial charge in [-0.25, -0.2) is 0 Å². The Labute approximate surface area is 77.8 Å². The Morgan fingerprint density at radius 3 is 2.69 bits per heavy atom. The molecule has 0 heterocycles. The van der Waals surface area contributed by atoms with Crippen molar-refractivity contribution in [2.75, 3.05) is 7.11 Å². The molecule has 0 aromatic heterocycles. The van der Waals surface area contributed by atoms with Crippen molar-refractivity contribution in [3.8, 4) is 5.75 Å². The first kappa shape index (κ1) is 9.39. The molecule has 0 unspecified atom stereocenters. The fourth-order valence-corrected chi connectivity index (χ4v) is 1.10. The standard InChI is InChI=1S/C11H12O2/c1-4-9-7-10(13-3)5-6-11(9)8(2)12/h4-7,12H,1-2H2,3H3. The molecule has 0 aliphatic heterocycles. The van der Waals surface area contributed by atoms with E-state index in [2.05, 4.69) is 13.2 Å². The highest BCUT2D eigenvalue weighted by Gasteiger charge is 2.03. The first-order valence-electron chi connectivity index (χ1n) is 3.87. The number of hydrogen-bond donors (Lipinski definition) is 1. The summed E-state index contributed by atoms with van der Waals surface area (Å²) in [6, 6.07) is 5.31. The van der Waals surface area contributed by atoms with E-state index in [1.54, 1.807) is 31.4 Å². The molecule has 1 rings (SSSR count). The van der Waals surface area contributed by atoms with Crippen LogP contribution in [0.25, 0.3) is 11.8 Å². The maximum atomic E-state index is 9.22. The molecule has 1 aromatic rings. The largest absolute Gasteiger partial charge is 0.508 e. The van der Waals surface area contributed by atoms with Gasteiger partial charge in [0.25, 0.3) is 0 Å². The van der Waals surface area contributed by atoms with Gasteiger partial charge in [0.05, 0.1) is 7.11 Å². The van der Waals surface area contributed by atoms with E-state index in [9.17, 15) is 5.11 Å². The van der Waals surface area contributed by atoms with Gasteiger partial charge in [-0.2, -0.15) is 0 Å². The molecule has 2 heteroatoms. The molecule has 0 bridgehead atoms. The summed E-state index contributed by atoms with van der Waals surface area (Å²) in [6.07, 6.45) is 1.65. The van der Waals surface area contributed by atoms with Gasteiger partial charge < -0.3 is 9.84 Å². The third-order valence-corrected chi connectivity index (χ3v) is 1.79. The summed E-state index contributed by atoms with van der Waals surface area (Å²) in [7, 11) is 1.59. The van der Waals surface area contributed by atoms with Crippen LogP contribution < -0.4 is 4.74 Å². The van der Waals surface area contributed by atoms with E-state index in [-0.39, 0.29) is 5.76 Å². The second-order valence-electron chi connectivity index (χ2n) is 2.60. The van der Waals surface area contributed by atoms with Gasteiger partial charge in [0.15, 0.2) is 0 Å². The summed E-state index contributed by atoms with van der Waals surface area (Å²) in [5.74, 6) is 0.775. The van der Waals surface area contributed by atoms with E-state index in [0.29, 0.717) is 5.56 Å². The van der Waals surface area contributed by atoms with E-state index >= 15 is 0 Å². The smallest absolute Gasteiger partial charge is 0.119 e. The Bertz CT molecular complexity index is 340. The Kier molecular flexibility index (Phi) is 2.75. The predicted molar refractivity (Wildman–Crippen MR) is 54.7 cm³/mol. The molecule has 0 atom stereocenters. The van der Waals surface area contributed by atoms with Gasteiger partial charge in [0.2, 0.25) is 0 Å². The molecule has 0 fully saturated rings. The molecule has 1 aromatic carbocycles. The van der Waals surface area contributed by atoms with Crippen molar-refractivity contribution in [2.45, 2.75) is 0 Å². The van der Waals surface area contributed by atoms with Crippen LogP contribution in [0.1, 0.15) is 11.1 Å². The Morgan fingerprint density at radius 2 is 2.23 bits per heavy atom. The molecule has 13 heavy (non-hydrogen) atoms. The van der Waals surface area contributed by atoms with Gasteiger partial charge in [-0.3, -0.25) is 0 Å². The Balaban J connectivity index is 3.23. The van der Waals surface area contributed by atoms with Crippen LogP contribution in [0.5, 0.6) is 5.75 Å². The first-order chi connectivity index (χ1) is 6.19. The fourth-order valence-electron chi connectivity index (χ4n) is 1.10. The summed E-state index contributed by atoms with van der Waals surface area (Å²) in [4.78, 5) is 0. The molecular weight excluding hydrogens is 164 g/mol. The molecule has 2 nitrogen and oxygen atoms in total. The SMILES string of the molecule is C=Cc1cc(OC)ccc1C(=C)O. The molecule has 0 amide bonds. The molecule has 68 valence electrons. The molecule has 0 spiro atoms. The molecule has 1 N–H and O–H groups in total. The first-order valence-corrected chi connectivity index (χ1v) is 3.87. The van der Waals surface area contributed by atoms with Crippen molar-refractivity contribution in [1.29, 1.82) is 0 Å². The highest BCUT2D eigenvalue weighted by molar-refractivity contribution is 5.69. The molecule has 0 radical (unpaired) electrons. The zero-order chi connectivity index (χ0) is 9.84. The van der Waals surface area contributed by atoms with Gasteiger partial charge in [0, 0.05) is 5.56 Å². The van der Waals surface area contributed by atoms with Crippen molar-refractivity contribution in [2.24, 2.45) is 0 Å². The van der Waals surface area contributed by atoms with Gasteiger partial charge in [-0.15, -0.1) is 0 Å². The van der Waals surface area contributed by atoms with E-state index in [0.717, 1.165) is 11.3 Å². The second kappa shape index (κ2) is 3.81. The van der Waals surface area contributed by atoms with Gasteiger partial charge in [-0.1, -0.05) is 19.2 Å². The topological polar surface area (TPSA) is 29.5 Å². The van der Waals surface area contributed by atoms with E-state index in [4.69, 9.17) is 4.74 Å². The zero-order valence-electron chi connectivity index (χ0n) is 7.58. The monoisotopic (exact) mass is 176 g/mol. The van der Waals surface area contributed by atoms with Crippen LogP contribution in [0.3, 0.4) is 0 Å². The number of ether oxygens (including phenoxy) is 1. The predicted octanol–water partition coefficient (Wildman–Crippen LogP) is 2.87. The zero-order valence-corrected chi connectivity index (χ0v) is 7.58. The lowest BCUT2D eigenvalue weighted by Gasteiger charge is -2.06. The van der Waals surface area contributed by atoms with E-state index in [1.165, 1.54) is 0 Å². The molecule has 0 saturated carbocycles. The third kappa shape index (κ3) is 1.90. The van der Waals surface area contributed by atoms with Gasteiger partial charge in [0.1, 0.15) is 11.5 Å². The summed E-state index contributed by atoms with van der Waals surface area (Å²) >= 11 is 0. The number of rotatable bonds is 3. The fraction of sp³-hybridized carbons (Fsp3) is 0.0909. The minimum absolute atomic E-state index is 0.0394. The van der Waals surface area contributed by atoms with Crippen molar-refractivity contribution in [1.82, 2.24) is 0 Å². The normalized spacial score (nSPS) is 9.31. The van der Waals surface area contributed by atoms with Gasteiger partial charge >= 0.3 is 0 Å². The van der Waals surface area contributed by atoms with Crippen molar-refractivity contribution >= 4 is 11.8 Å². The average molecular weight is 176 g/mol. The lowest BCUT2D eigenvalue weighted by atomic mass is 10.1. The number of aliphatic hydroxyl groups excluding tert-OH is 1. The number of methoxy groups -OCH3 is 1. The minimum Gasteiger partial charge on any atom is -0.508 e. The quantitative estimate of drug-likeness (QED) is 0.717. The molecule has 0 aliphatic rings. The van der Waals surface area contributed by atoms with Crippen LogP contribution in [0, 0.1) is 0 Å². The average Bonchev–Trinajstić information content (AvgIpc) is 2.16. The summed E-state index contributed by atoms with van der Waals surface area (Å²) < 4.78 is 5.03. The van der Waals surface area contributed by atoms with Crippen LogP contribution in [-0.2, 0) is 0 Å². The summed E-state index contributed by atoms with van der Waals surface area (Å²) in [5, 5.41) is 9.22.